The van der Waals surface area contributed by atoms with E-state index in [9.17, 15) is 13.0 Å². The first-order valence-electron chi connectivity index (χ1n) is 4.19. The zero-order valence-corrected chi connectivity index (χ0v) is 10.1. The molecule has 0 radical (unpaired) electrons. The molecule has 0 atom stereocenters. The van der Waals surface area contributed by atoms with E-state index in [0.29, 0.717) is 6.42 Å². The Balaban J connectivity index is 2.23. The minimum absolute atomic E-state index is 0.235. The van der Waals surface area contributed by atoms with Crippen molar-refractivity contribution in [2.75, 3.05) is 5.75 Å². The summed E-state index contributed by atoms with van der Waals surface area (Å²) in [6, 6.07) is 9.90. The van der Waals surface area contributed by atoms with Crippen molar-refractivity contribution in [1.29, 1.82) is 0 Å². The van der Waals surface area contributed by atoms with E-state index in [1.54, 1.807) is 0 Å². The molecular weight excluding hydrogens is 267 g/mol. The summed E-state index contributed by atoms with van der Waals surface area (Å²) in [6.45, 7) is 0. The van der Waals surface area contributed by atoms with Crippen LogP contribution in [0, 0.1) is 0 Å². The molecule has 0 bridgehead atoms. The first kappa shape index (κ1) is 11.7. The van der Waals surface area contributed by atoms with Gasteiger partial charge in [0.05, 0.1) is 0 Å². The summed E-state index contributed by atoms with van der Waals surface area (Å²) in [7, 11) is -4.02. The van der Waals surface area contributed by atoms with Gasteiger partial charge in [0.25, 0.3) is 0 Å². The number of hydrogen-bond donors (Lipinski definition) is 0. The molecule has 14 heavy (non-hydrogen) atoms. The molecule has 0 aliphatic rings. The van der Waals surface area contributed by atoms with Crippen molar-refractivity contribution in [3.63, 3.8) is 0 Å². The van der Waals surface area contributed by atoms with Gasteiger partial charge >= 0.3 is 90.3 Å². The van der Waals surface area contributed by atoms with Crippen molar-refractivity contribution < 1.29 is 13.0 Å². The van der Waals surface area contributed by atoms with Gasteiger partial charge in [-0.1, -0.05) is 0 Å². The quantitative estimate of drug-likeness (QED) is 0.444. The third-order valence-corrected chi connectivity index (χ3v) is 4.64. The fraction of sp³-hybridized carbons (Fsp3) is 0.333. The van der Waals surface area contributed by atoms with Crippen molar-refractivity contribution in [2.45, 2.75) is 11.7 Å². The molecule has 0 heterocycles. The second kappa shape index (κ2) is 5.51. The Labute approximate surface area is 90.4 Å². The molecule has 1 aromatic rings. The summed E-state index contributed by atoms with van der Waals surface area (Å²) in [5.41, 5.74) is 0. The Bertz CT molecular complexity index is 361. The van der Waals surface area contributed by atoms with Crippen molar-refractivity contribution in [1.82, 2.24) is 0 Å². The van der Waals surface area contributed by atoms with E-state index in [1.807, 2.05) is 30.3 Å². The normalized spacial score (nSPS) is 11.5. The van der Waals surface area contributed by atoms with Crippen LogP contribution in [-0.2, 0) is 10.1 Å². The molecular formula is C9H11O3SSe-. The van der Waals surface area contributed by atoms with Crippen LogP contribution < -0.4 is 4.46 Å². The third-order valence-electron chi connectivity index (χ3n) is 1.55. The second-order valence-electron chi connectivity index (χ2n) is 2.78. The first-order valence-corrected chi connectivity index (χ1v) is 7.84. The van der Waals surface area contributed by atoms with Crippen molar-refractivity contribution in [3.8, 4) is 0 Å². The van der Waals surface area contributed by atoms with Crippen LogP contribution in [0.5, 0.6) is 0 Å². The van der Waals surface area contributed by atoms with Crippen LogP contribution in [-0.4, -0.2) is 33.7 Å². The van der Waals surface area contributed by atoms with Gasteiger partial charge < -0.3 is 0 Å². The molecule has 78 valence electrons. The predicted octanol–water partition coefficient (Wildman–Crippen LogP) is 0.370. The molecule has 5 heteroatoms. The van der Waals surface area contributed by atoms with E-state index in [1.165, 1.54) is 4.46 Å². The molecule has 0 saturated heterocycles. The number of hydrogen-bond acceptors (Lipinski definition) is 3. The standard InChI is InChI=1S/C9H12O3SSe/c10-13(11,12)7-4-8-14-9-5-2-1-3-6-9/h1-3,5-6H,4,7-8H2,(H,10,11,12)/p-1. The van der Waals surface area contributed by atoms with E-state index >= 15 is 0 Å². The SMILES string of the molecule is O=S(=O)([O-])CCC[Se]c1ccccc1. The van der Waals surface area contributed by atoms with E-state index in [0.717, 1.165) is 5.32 Å². The predicted molar refractivity (Wildman–Crippen MR) is 55.8 cm³/mol. The zero-order valence-electron chi connectivity index (χ0n) is 7.55. The van der Waals surface area contributed by atoms with Crippen LogP contribution >= 0.6 is 0 Å². The van der Waals surface area contributed by atoms with Gasteiger partial charge in [0.1, 0.15) is 0 Å². The van der Waals surface area contributed by atoms with Gasteiger partial charge in [0, 0.05) is 0 Å². The second-order valence-corrected chi connectivity index (χ2v) is 6.75. The Kier molecular flexibility index (Phi) is 4.61. The fourth-order valence-electron chi connectivity index (χ4n) is 0.942. The molecule has 0 unspecified atom stereocenters. The van der Waals surface area contributed by atoms with Gasteiger partial charge in [0.15, 0.2) is 0 Å². The minimum atomic E-state index is -4.02. The molecule has 1 aromatic carbocycles. The fourth-order valence-corrected chi connectivity index (χ4v) is 3.69. The van der Waals surface area contributed by atoms with Crippen molar-refractivity contribution in [2.24, 2.45) is 0 Å². The Morgan fingerprint density at radius 1 is 1.21 bits per heavy atom. The van der Waals surface area contributed by atoms with Crippen LogP contribution in [0.15, 0.2) is 30.3 Å². The summed E-state index contributed by atoms with van der Waals surface area (Å²) in [4.78, 5) is 0. The van der Waals surface area contributed by atoms with Gasteiger partial charge in [-0.25, -0.2) is 0 Å². The average molecular weight is 278 g/mol. The summed E-state index contributed by atoms with van der Waals surface area (Å²) in [5.74, 6) is -0.235. The monoisotopic (exact) mass is 279 g/mol. The maximum absolute atomic E-state index is 10.3. The molecule has 0 amide bonds. The molecule has 3 nitrogen and oxygen atoms in total. The van der Waals surface area contributed by atoms with Crippen LogP contribution in [0.3, 0.4) is 0 Å². The molecule has 0 aromatic heterocycles. The molecule has 0 N–H and O–H groups in total. The van der Waals surface area contributed by atoms with Crippen molar-refractivity contribution >= 4 is 29.5 Å². The van der Waals surface area contributed by atoms with Crippen LogP contribution in [0.2, 0.25) is 5.32 Å². The van der Waals surface area contributed by atoms with Crippen LogP contribution in [0.4, 0.5) is 0 Å². The van der Waals surface area contributed by atoms with Crippen LogP contribution in [0.25, 0.3) is 0 Å². The summed E-state index contributed by atoms with van der Waals surface area (Å²) < 4.78 is 32.1. The number of benzene rings is 1. The molecule has 0 fully saturated rings. The van der Waals surface area contributed by atoms with Gasteiger partial charge in [-0.15, -0.1) is 0 Å². The zero-order chi connectivity index (χ0) is 10.4. The molecule has 1 rings (SSSR count). The van der Waals surface area contributed by atoms with E-state index in [2.05, 4.69) is 0 Å². The van der Waals surface area contributed by atoms with Gasteiger partial charge in [-0.05, 0) is 0 Å². The Morgan fingerprint density at radius 2 is 1.86 bits per heavy atom. The first-order chi connectivity index (χ1) is 6.58. The topological polar surface area (TPSA) is 57.2 Å². The molecule has 0 aliphatic carbocycles. The van der Waals surface area contributed by atoms with E-state index in [4.69, 9.17) is 0 Å². The van der Waals surface area contributed by atoms with Crippen LogP contribution in [0.1, 0.15) is 6.42 Å². The summed E-state index contributed by atoms with van der Waals surface area (Å²) >= 11 is 0.284. The third kappa shape index (κ3) is 5.39. The van der Waals surface area contributed by atoms with E-state index in [-0.39, 0.29) is 20.7 Å². The summed E-state index contributed by atoms with van der Waals surface area (Å²) in [6.07, 6.45) is 0.473. The Morgan fingerprint density at radius 3 is 2.43 bits per heavy atom. The average Bonchev–Trinajstić information content (AvgIpc) is 2.13. The Hall–Kier alpha value is -0.351. The van der Waals surface area contributed by atoms with E-state index < -0.39 is 10.1 Å². The maximum atomic E-state index is 10.3. The van der Waals surface area contributed by atoms with Gasteiger partial charge in [-0.3, -0.25) is 0 Å². The van der Waals surface area contributed by atoms with Gasteiger partial charge in [0.2, 0.25) is 0 Å². The van der Waals surface area contributed by atoms with Gasteiger partial charge in [-0.2, -0.15) is 0 Å². The molecule has 0 aliphatic heterocycles. The summed E-state index contributed by atoms with van der Waals surface area (Å²) in [5, 5.41) is 0.804. The number of rotatable bonds is 5. The molecule has 0 spiro atoms. The molecule has 0 saturated carbocycles. The van der Waals surface area contributed by atoms with Crippen molar-refractivity contribution in [3.05, 3.63) is 30.3 Å².